The highest BCUT2D eigenvalue weighted by Crippen LogP contribution is 2.27. The van der Waals surface area contributed by atoms with E-state index in [1.165, 1.54) is 35.2 Å². The van der Waals surface area contributed by atoms with Gasteiger partial charge in [0.05, 0.1) is 5.75 Å². The van der Waals surface area contributed by atoms with Gasteiger partial charge >= 0.3 is 0 Å². The van der Waals surface area contributed by atoms with Gasteiger partial charge in [0.1, 0.15) is 5.82 Å². The monoisotopic (exact) mass is 376 g/mol. The lowest BCUT2D eigenvalue weighted by Crippen LogP contribution is -2.05. The third-order valence-electron chi connectivity index (χ3n) is 3.75. The molecule has 0 aliphatic rings. The zero-order valence-corrected chi connectivity index (χ0v) is 15.7. The molecule has 0 saturated carbocycles. The Balaban J connectivity index is 1.80. The molecule has 3 rings (SSSR count). The molecule has 25 heavy (non-hydrogen) atoms. The number of thioether (sulfide) groups is 1. The Hall–Kier alpha value is -2.19. The van der Waals surface area contributed by atoms with E-state index in [0.29, 0.717) is 11.3 Å². The molecule has 2 aromatic heterocycles. The second-order valence-electron chi connectivity index (χ2n) is 5.44. The molecule has 0 bridgehead atoms. The van der Waals surface area contributed by atoms with Crippen LogP contribution in [0.15, 0.2) is 34.7 Å². The fourth-order valence-corrected chi connectivity index (χ4v) is 4.22. The van der Waals surface area contributed by atoms with Crippen LogP contribution in [0.5, 0.6) is 0 Å². The van der Waals surface area contributed by atoms with Gasteiger partial charge in [-0.25, -0.2) is 4.39 Å². The number of hydrogen-bond donors (Lipinski definition) is 1. The summed E-state index contributed by atoms with van der Waals surface area (Å²) in [6.45, 7) is 3.78. The zero-order valence-electron chi connectivity index (χ0n) is 14.0. The fraction of sp³-hybridized carbons (Fsp3) is 0.235. The van der Waals surface area contributed by atoms with Crippen LogP contribution >= 0.6 is 23.1 Å². The van der Waals surface area contributed by atoms with Crippen molar-refractivity contribution < 1.29 is 9.18 Å². The van der Waals surface area contributed by atoms with E-state index in [1.807, 2.05) is 30.5 Å². The van der Waals surface area contributed by atoms with Gasteiger partial charge in [-0.3, -0.25) is 4.79 Å². The minimum absolute atomic E-state index is 0.0157. The van der Waals surface area contributed by atoms with Crippen LogP contribution in [-0.4, -0.2) is 33.3 Å². The number of Topliss-reactive ketones (excluding diaryl/α,β-unsaturated/α-hetero) is 1. The number of nitrogens with one attached hydrogen (secondary N) is 1. The number of nitrogens with zero attached hydrogens (tertiary/aromatic N) is 3. The SMILES string of the molecule is CNc1nnc(SCC(=O)c2cc(C)n(-c3cccc(F)c3)c2C)s1. The number of rotatable bonds is 6. The van der Waals surface area contributed by atoms with Gasteiger partial charge in [0.15, 0.2) is 10.1 Å². The molecule has 0 aliphatic carbocycles. The summed E-state index contributed by atoms with van der Waals surface area (Å²) in [6, 6.07) is 8.20. The second-order valence-corrected chi connectivity index (χ2v) is 7.64. The van der Waals surface area contributed by atoms with Crippen molar-refractivity contribution in [3.8, 4) is 5.69 Å². The number of ketones is 1. The van der Waals surface area contributed by atoms with Gasteiger partial charge in [0, 0.05) is 29.7 Å². The number of carbonyl (C=O) groups excluding carboxylic acids is 1. The maximum absolute atomic E-state index is 13.5. The van der Waals surface area contributed by atoms with Gasteiger partial charge < -0.3 is 9.88 Å². The largest absolute Gasteiger partial charge is 0.363 e. The van der Waals surface area contributed by atoms with Crippen LogP contribution in [0.3, 0.4) is 0 Å². The topological polar surface area (TPSA) is 59.8 Å². The summed E-state index contributed by atoms with van der Waals surface area (Å²) in [5, 5.41) is 11.6. The molecule has 1 aromatic carbocycles. The molecule has 5 nitrogen and oxygen atoms in total. The molecule has 130 valence electrons. The molecule has 0 aliphatic heterocycles. The first-order valence-corrected chi connectivity index (χ1v) is 9.42. The van der Waals surface area contributed by atoms with Crippen molar-refractivity contribution in [2.24, 2.45) is 0 Å². The molecule has 8 heteroatoms. The average molecular weight is 376 g/mol. The molecule has 0 amide bonds. The first-order valence-electron chi connectivity index (χ1n) is 7.61. The summed E-state index contributed by atoms with van der Waals surface area (Å²) in [7, 11) is 1.78. The Morgan fingerprint density at radius 3 is 2.80 bits per heavy atom. The number of aromatic nitrogens is 3. The zero-order chi connectivity index (χ0) is 18.0. The lowest BCUT2D eigenvalue weighted by atomic mass is 10.2. The van der Waals surface area contributed by atoms with Crippen molar-refractivity contribution >= 4 is 34.0 Å². The highest BCUT2D eigenvalue weighted by Gasteiger charge is 2.18. The minimum Gasteiger partial charge on any atom is -0.363 e. The lowest BCUT2D eigenvalue weighted by Gasteiger charge is -2.09. The molecule has 0 unspecified atom stereocenters. The van der Waals surface area contributed by atoms with E-state index < -0.39 is 0 Å². The summed E-state index contributed by atoms with van der Waals surface area (Å²) in [5.74, 6) is -0.00166. The summed E-state index contributed by atoms with van der Waals surface area (Å²) in [6.07, 6.45) is 0. The normalized spacial score (nSPS) is 10.9. The molecule has 0 radical (unpaired) electrons. The van der Waals surface area contributed by atoms with Crippen LogP contribution in [0.1, 0.15) is 21.7 Å². The van der Waals surface area contributed by atoms with Crippen LogP contribution in [0.2, 0.25) is 0 Å². The predicted molar refractivity (Wildman–Crippen MR) is 99.7 cm³/mol. The minimum atomic E-state index is -0.301. The highest BCUT2D eigenvalue weighted by molar-refractivity contribution is 8.01. The van der Waals surface area contributed by atoms with Crippen molar-refractivity contribution in [2.45, 2.75) is 18.2 Å². The predicted octanol–water partition coefficient (Wildman–Crippen LogP) is 4.10. The number of anilines is 1. The number of aryl methyl sites for hydroxylation is 1. The molecule has 0 saturated heterocycles. The molecular weight excluding hydrogens is 359 g/mol. The van der Waals surface area contributed by atoms with Gasteiger partial charge in [-0.05, 0) is 38.1 Å². The van der Waals surface area contributed by atoms with Crippen molar-refractivity contribution in [3.63, 3.8) is 0 Å². The molecule has 2 heterocycles. The number of benzene rings is 1. The Morgan fingerprint density at radius 2 is 2.12 bits per heavy atom. The highest BCUT2D eigenvalue weighted by atomic mass is 32.2. The summed E-state index contributed by atoms with van der Waals surface area (Å²) in [5.41, 5.74) is 3.06. The number of hydrogen-bond acceptors (Lipinski definition) is 6. The standard InChI is InChI=1S/C17H17FN4OS2/c1-10-7-14(11(2)22(10)13-6-4-5-12(18)8-13)15(23)9-24-17-21-20-16(19-3)25-17/h4-8H,9H2,1-3H3,(H,19,20). The van der Waals surface area contributed by atoms with E-state index in [0.717, 1.165) is 20.9 Å². The Bertz CT molecular complexity index is 919. The first kappa shape index (κ1) is 17.6. The van der Waals surface area contributed by atoms with Crippen molar-refractivity contribution in [2.75, 3.05) is 18.1 Å². The van der Waals surface area contributed by atoms with Crippen LogP contribution in [0, 0.1) is 19.7 Å². The van der Waals surface area contributed by atoms with Crippen LogP contribution in [0.25, 0.3) is 5.69 Å². The van der Waals surface area contributed by atoms with Crippen LogP contribution in [-0.2, 0) is 0 Å². The van der Waals surface area contributed by atoms with E-state index in [-0.39, 0.29) is 17.4 Å². The van der Waals surface area contributed by atoms with E-state index >= 15 is 0 Å². The average Bonchev–Trinajstić information content (AvgIpc) is 3.17. The summed E-state index contributed by atoms with van der Waals surface area (Å²) >= 11 is 2.78. The van der Waals surface area contributed by atoms with E-state index in [9.17, 15) is 9.18 Å². The summed E-state index contributed by atoms with van der Waals surface area (Å²) in [4.78, 5) is 12.6. The van der Waals surface area contributed by atoms with E-state index in [4.69, 9.17) is 0 Å². The van der Waals surface area contributed by atoms with Gasteiger partial charge in [0.2, 0.25) is 5.13 Å². The molecule has 0 atom stereocenters. The van der Waals surface area contributed by atoms with Crippen LogP contribution < -0.4 is 5.32 Å². The Morgan fingerprint density at radius 1 is 1.32 bits per heavy atom. The number of halogens is 1. The molecule has 0 spiro atoms. The molecule has 0 fully saturated rings. The van der Waals surface area contributed by atoms with Crippen molar-refractivity contribution in [1.29, 1.82) is 0 Å². The molecule has 3 aromatic rings. The smallest absolute Gasteiger partial charge is 0.206 e. The first-order chi connectivity index (χ1) is 12.0. The van der Waals surface area contributed by atoms with Gasteiger partial charge in [-0.15, -0.1) is 10.2 Å². The second kappa shape index (κ2) is 7.37. The quantitative estimate of drug-likeness (QED) is 0.518. The van der Waals surface area contributed by atoms with Crippen molar-refractivity contribution in [1.82, 2.24) is 14.8 Å². The maximum atomic E-state index is 13.5. The van der Waals surface area contributed by atoms with Gasteiger partial charge in [-0.2, -0.15) is 0 Å². The van der Waals surface area contributed by atoms with E-state index in [1.54, 1.807) is 13.1 Å². The van der Waals surface area contributed by atoms with Crippen LogP contribution in [0.4, 0.5) is 9.52 Å². The molecule has 1 N–H and O–H groups in total. The Labute approximate surface area is 153 Å². The summed E-state index contributed by atoms with van der Waals surface area (Å²) < 4.78 is 16.2. The maximum Gasteiger partial charge on any atom is 0.206 e. The fourth-order valence-electron chi connectivity index (χ4n) is 2.63. The van der Waals surface area contributed by atoms with Gasteiger partial charge in [0.25, 0.3) is 0 Å². The third-order valence-corrected chi connectivity index (χ3v) is 5.82. The Kier molecular flexibility index (Phi) is 5.19. The van der Waals surface area contributed by atoms with Crippen molar-refractivity contribution in [3.05, 3.63) is 53.1 Å². The van der Waals surface area contributed by atoms with E-state index in [2.05, 4.69) is 15.5 Å². The third kappa shape index (κ3) is 3.74. The number of carbonyl (C=O) groups is 1. The molecular formula is C17H17FN4OS2. The lowest BCUT2D eigenvalue weighted by molar-refractivity contribution is 0.102. The van der Waals surface area contributed by atoms with Gasteiger partial charge in [-0.1, -0.05) is 29.2 Å².